The summed E-state index contributed by atoms with van der Waals surface area (Å²) in [7, 11) is -3.48. The predicted octanol–water partition coefficient (Wildman–Crippen LogP) is 5.14. The summed E-state index contributed by atoms with van der Waals surface area (Å²) < 4.78 is 26.4. The smallest absolute Gasteiger partial charge is 0.255 e. The SMILES string of the molecule is Cc1ccc(C)c(N(Cc2ccc(C(=O)Nc3c(C)cccc3C)cc2)S(C)(=O)=O)c1. The topological polar surface area (TPSA) is 66.5 Å². The average molecular weight is 437 g/mol. The monoisotopic (exact) mass is 436 g/mol. The summed E-state index contributed by atoms with van der Waals surface area (Å²) in [6.07, 6.45) is 1.21. The molecule has 0 heterocycles. The number of hydrogen-bond acceptors (Lipinski definition) is 3. The molecule has 0 bridgehead atoms. The van der Waals surface area contributed by atoms with E-state index in [4.69, 9.17) is 0 Å². The van der Waals surface area contributed by atoms with Gasteiger partial charge in [-0.1, -0.05) is 42.5 Å². The van der Waals surface area contributed by atoms with Crippen molar-refractivity contribution in [1.29, 1.82) is 0 Å². The summed E-state index contributed by atoms with van der Waals surface area (Å²) in [6, 6.07) is 18.7. The maximum atomic E-state index is 12.7. The molecule has 0 fully saturated rings. The minimum absolute atomic E-state index is 0.196. The standard InChI is InChI=1S/C25H28N2O3S/c1-17-9-10-18(2)23(15-17)27(31(5,29)30)16-21-11-13-22(14-12-21)25(28)26-24-19(3)7-6-8-20(24)4/h6-15H,16H2,1-5H3,(H,26,28). The van der Waals surface area contributed by atoms with Crippen molar-refractivity contribution in [2.24, 2.45) is 0 Å². The molecular weight excluding hydrogens is 408 g/mol. The number of amides is 1. The first-order chi connectivity index (χ1) is 14.6. The Kier molecular flexibility index (Phi) is 6.51. The number of nitrogens with zero attached hydrogens (tertiary/aromatic N) is 1. The number of nitrogens with one attached hydrogen (secondary N) is 1. The van der Waals surface area contributed by atoms with E-state index in [2.05, 4.69) is 5.32 Å². The minimum Gasteiger partial charge on any atom is -0.322 e. The van der Waals surface area contributed by atoms with Gasteiger partial charge >= 0.3 is 0 Å². The quantitative estimate of drug-likeness (QED) is 0.582. The summed E-state index contributed by atoms with van der Waals surface area (Å²) in [5.41, 5.74) is 6.69. The Morgan fingerprint density at radius 1 is 0.871 bits per heavy atom. The molecule has 0 aliphatic heterocycles. The van der Waals surface area contributed by atoms with Gasteiger partial charge in [0.15, 0.2) is 0 Å². The molecule has 0 atom stereocenters. The van der Waals surface area contributed by atoms with Gasteiger partial charge in [0.25, 0.3) is 5.91 Å². The second-order valence-corrected chi connectivity index (χ2v) is 9.88. The van der Waals surface area contributed by atoms with Crippen molar-refractivity contribution < 1.29 is 13.2 Å². The van der Waals surface area contributed by atoms with E-state index in [1.54, 1.807) is 24.3 Å². The van der Waals surface area contributed by atoms with Gasteiger partial charge in [0.2, 0.25) is 10.0 Å². The first-order valence-electron chi connectivity index (χ1n) is 10.1. The van der Waals surface area contributed by atoms with E-state index in [1.807, 2.05) is 64.1 Å². The van der Waals surface area contributed by atoms with Crippen molar-refractivity contribution in [1.82, 2.24) is 0 Å². The van der Waals surface area contributed by atoms with Gasteiger partial charge in [-0.05, 0) is 73.7 Å². The molecule has 0 aliphatic carbocycles. The third-order valence-corrected chi connectivity index (χ3v) is 6.42. The lowest BCUT2D eigenvalue weighted by molar-refractivity contribution is 0.102. The number of hydrogen-bond donors (Lipinski definition) is 1. The van der Waals surface area contributed by atoms with Crippen LogP contribution in [-0.2, 0) is 16.6 Å². The maximum absolute atomic E-state index is 12.7. The Labute approximate surface area is 184 Å². The van der Waals surface area contributed by atoms with E-state index in [-0.39, 0.29) is 12.5 Å². The number of para-hydroxylation sites is 1. The third-order valence-electron chi connectivity index (χ3n) is 5.30. The number of carbonyl (C=O) groups is 1. The van der Waals surface area contributed by atoms with Crippen molar-refractivity contribution in [3.05, 3.63) is 94.0 Å². The third kappa shape index (κ3) is 5.33. The summed E-state index contributed by atoms with van der Waals surface area (Å²) in [5, 5.41) is 2.97. The number of carbonyl (C=O) groups excluding carboxylic acids is 1. The molecule has 0 radical (unpaired) electrons. The molecule has 3 aromatic rings. The van der Waals surface area contributed by atoms with Gasteiger partial charge in [-0.25, -0.2) is 8.42 Å². The Balaban J connectivity index is 1.83. The zero-order chi connectivity index (χ0) is 22.8. The normalized spacial score (nSPS) is 11.3. The van der Waals surface area contributed by atoms with Crippen LogP contribution in [0.15, 0.2) is 60.7 Å². The first-order valence-corrected chi connectivity index (χ1v) is 11.9. The molecule has 162 valence electrons. The summed E-state index contributed by atoms with van der Waals surface area (Å²) in [6.45, 7) is 7.94. The minimum atomic E-state index is -3.48. The average Bonchev–Trinajstić information content (AvgIpc) is 2.70. The zero-order valence-corrected chi connectivity index (χ0v) is 19.4. The van der Waals surface area contributed by atoms with Crippen molar-refractivity contribution in [2.45, 2.75) is 34.2 Å². The summed E-state index contributed by atoms with van der Waals surface area (Å²) in [4.78, 5) is 12.7. The van der Waals surface area contributed by atoms with Gasteiger partial charge in [0.05, 0.1) is 18.5 Å². The summed E-state index contributed by atoms with van der Waals surface area (Å²) in [5.74, 6) is -0.196. The van der Waals surface area contributed by atoms with E-state index in [1.165, 1.54) is 10.6 Å². The molecule has 6 heteroatoms. The molecule has 1 N–H and O–H groups in total. The van der Waals surface area contributed by atoms with Gasteiger partial charge in [-0.2, -0.15) is 0 Å². The largest absolute Gasteiger partial charge is 0.322 e. The Bertz CT molecular complexity index is 1200. The van der Waals surface area contributed by atoms with Gasteiger partial charge in [0, 0.05) is 11.3 Å². The Morgan fingerprint density at radius 2 is 1.48 bits per heavy atom. The van der Waals surface area contributed by atoms with E-state index in [0.717, 1.165) is 33.5 Å². The highest BCUT2D eigenvalue weighted by Gasteiger charge is 2.20. The summed E-state index contributed by atoms with van der Waals surface area (Å²) >= 11 is 0. The number of rotatable bonds is 6. The molecule has 5 nitrogen and oxygen atoms in total. The molecule has 1 amide bonds. The lowest BCUT2D eigenvalue weighted by Crippen LogP contribution is -2.30. The van der Waals surface area contributed by atoms with Crippen LogP contribution in [0.5, 0.6) is 0 Å². The van der Waals surface area contributed by atoms with Gasteiger partial charge in [0.1, 0.15) is 0 Å². The Morgan fingerprint density at radius 3 is 2.06 bits per heavy atom. The lowest BCUT2D eigenvalue weighted by Gasteiger charge is -2.25. The predicted molar refractivity (Wildman–Crippen MR) is 127 cm³/mol. The fraction of sp³-hybridized carbons (Fsp3) is 0.240. The molecule has 0 spiro atoms. The molecular formula is C25H28N2O3S. The van der Waals surface area contributed by atoms with Gasteiger partial charge < -0.3 is 5.32 Å². The molecule has 0 unspecified atom stereocenters. The van der Waals surface area contributed by atoms with Crippen LogP contribution in [0.4, 0.5) is 11.4 Å². The molecule has 0 aromatic heterocycles. The second kappa shape index (κ2) is 8.94. The molecule has 3 rings (SSSR count). The van der Waals surface area contributed by atoms with Crippen LogP contribution in [0.25, 0.3) is 0 Å². The van der Waals surface area contributed by atoms with E-state index in [9.17, 15) is 13.2 Å². The van der Waals surface area contributed by atoms with Crippen LogP contribution in [0, 0.1) is 27.7 Å². The zero-order valence-electron chi connectivity index (χ0n) is 18.6. The van der Waals surface area contributed by atoms with Crippen LogP contribution < -0.4 is 9.62 Å². The van der Waals surface area contributed by atoms with E-state index in [0.29, 0.717) is 11.3 Å². The lowest BCUT2D eigenvalue weighted by atomic mass is 10.1. The van der Waals surface area contributed by atoms with Crippen LogP contribution in [0.2, 0.25) is 0 Å². The molecule has 3 aromatic carbocycles. The number of sulfonamides is 1. The van der Waals surface area contributed by atoms with Crippen molar-refractivity contribution in [3.8, 4) is 0 Å². The molecule has 31 heavy (non-hydrogen) atoms. The highest BCUT2D eigenvalue weighted by molar-refractivity contribution is 7.92. The number of anilines is 2. The van der Waals surface area contributed by atoms with Crippen LogP contribution >= 0.6 is 0 Å². The molecule has 0 saturated heterocycles. The maximum Gasteiger partial charge on any atom is 0.255 e. The van der Waals surface area contributed by atoms with Crippen molar-refractivity contribution in [3.63, 3.8) is 0 Å². The number of aryl methyl sites for hydroxylation is 4. The van der Waals surface area contributed by atoms with E-state index >= 15 is 0 Å². The highest BCUT2D eigenvalue weighted by Crippen LogP contribution is 2.26. The van der Waals surface area contributed by atoms with E-state index < -0.39 is 10.0 Å². The van der Waals surface area contributed by atoms with Crippen molar-refractivity contribution in [2.75, 3.05) is 15.9 Å². The number of benzene rings is 3. The highest BCUT2D eigenvalue weighted by atomic mass is 32.2. The Hall–Kier alpha value is -3.12. The molecule has 0 aliphatic rings. The van der Waals surface area contributed by atoms with Crippen LogP contribution in [0.3, 0.4) is 0 Å². The van der Waals surface area contributed by atoms with Crippen LogP contribution in [-0.4, -0.2) is 20.6 Å². The fourth-order valence-electron chi connectivity index (χ4n) is 3.49. The van der Waals surface area contributed by atoms with Gasteiger partial charge in [-0.3, -0.25) is 9.10 Å². The van der Waals surface area contributed by atoms with Crippen LogP contribution in [0.1, 0.15) is 38.2 Å². The van der Waals surface area contributed by atoms with Crippen molar-refractivity contribution >= 4 is 27.3 Å². The second-order valence-electron chi connectivity index (χ2n) is 7.98. The first kappa shape index (κ1) is 22.6. The fourth-order valence-corrected chi connectivity index (χ4v) is 4.43. The van der Waals surface area contributed by atoms with Gasteiger partial charge in [-0.15, -0.1) is 0 Å². The molecule has 0 saturated carbocycles.